The molecule has 2 aromatic carbocycles. The summed E-state index contributed by atoms with van der Waals surface area (Å²) in [4.78, 5) is 6.28. The predicted octanol–water partition coefficient (Wildman–Crippen LogP) is 6.42. The Morgan fingerprint density at radius 3 is 2.48 bits per heavy atom. The van der Waals surface area contributed by atoms with Gasteiger partial charge >= 0.3 is 0 Å². The molecule has 1 saturated heterocycles. The Balaban J connectivity index is 1.61. The predicted molar refractivity (Wildman–Crippen MR) is 126 cm³/mol. The first-order valence-electron chi connectivity index (χ1n) is 9.72. The summed E-state index contributed by atoms with van der Waals surface area (Å²) in [6.45, 7) is 0. The molecule has 1 N–H and O–H groups in total. The minimum atomic E-state index is -0.400. The Bertz CT molecular complexity index is 1230. The van der Waals surface area contributed by atoms with Crippen LogP contribution in [0.5, 0.6) is 0 Å². The van der Waals surface area contributed by atoms with E-state index in [1.807, 2.05) is 54.6 Å². The Morgan fingerprint density at radius 1 is 0.968 bits per heavy atom. The first-order valence-corrected chi connectivity index (χ1v) is 10.9. The van der Waals surface area contributed by atoms with Crippen molar-refractivity contribution in [3.05, 3.63) is 107 Å². The van der Waals surface area contributed by atoms with E-state index in [0.29, 0.717) is 16.6 Å². The van der Waals surface area contributed by atoms with Crippen molar-refractivity contribution < 1.29 is 8.81 Å². The molecule has 1 aliphatic heterocycles. The van der Waals surface area contributed by atoms with Gasteiger partial charge in [-0.1, -0.05) is 46.3 Å². The third kappa shape index (κ3) is 3.75. The molecule has 2 atom stereocenters. The van der Waals surface area contributed by atoms with Crippen molar-refractivity contribution in [1.29, 1.82) is 0 Å². The molecular weight excluding hydrogens is 477 g/mol. The first-order chi connectivity index (χ1) is 15.1. The van der Waals surface area contributed by atoms with E-state index in [-0.39, 0.29) is 11.9 Å². The van der Waals surface area contributed by atoms with Gasteiger partial charge in [0.25, 0.3) is 0 Å². The van der Waals surface area contributed by atoms with Crippen LogP contribution < -0.4 is 10.2 Å². The van der Waals surface area contributed by atoms with E-state index in [9.17, 15) is 4.39 Å². The fraction of sp³-hybridized carbons (Fsp3) is 0.0833. The lowest BCUT2D eigenvalue weighted by Gasteiger charge is -2.26. The topological polar surface area (TPSA) is 41.3 Å². The molecule has 31 heavy (non-hydrogen) atoms. The van der Waals surface area contributed by atoms with Crippen LogP contribution in [0, 0.1) is 5.82 Å². The largest absolute Gasteiger partial charge is 0.459 e. The van der Waals surface area contributed by atoms with Crippen molar-refractivity contribution in [2.24, 2.45) is 0 Å². The highest BCUT2D eigenvalue weighted by Crippen LogP contribution is 2.43. The summed E-state index contributed by atoms with van der Waals surface area (Å²) in [6.07, 6.45) is 1.73. The molecule has 1 fully saturated rings. The number of thiocarbonyl (C=S) groups is 1. The van der Waals surface area contributed by atoms with Gasteiger partial charge in [-0.2, -0.15) is 0 Å². The Labute approximate surface area is 192 Å². The standard InChI is InChI=1S/C24H17BrFN3OS/c25-16-10-8-15(9-11-16)20-12-13-21(30-20)23-22(18-6-3-4-14-27-18)28-24(31)29(23)19-7-2-1-5-17(19)26/h1-14,22-23H,(H,28,31)/t22-,23+/m0/s1. The maximum atomic E-state index is 14.8. The second-order valence-electron chi connectivity index (χ2n) is 7.16. The van der Waals surface area contributed by atoms with Crippen molar-refractivity contribution in [3.8, 4) is 11.3 Å². The molecule has 154 valence electrons. The number of halogens is 2. The van der Waals surface area contributed by atoms with E-state index in [4.69, 9.17) is 16.6 Å². The second kappa shape index (κ2) is 8.24. The monoisotopic (exact) mass is 493 g/mol. The molecule has 4 aromatic rings. The Kier molecular flexibility index (Phi) is 5.29. The third-order valence-corrected chi connectivity index (χ3v) is 6.10. The lowest BCUT2D eigenvalue weighted by atomic mass is 10.0. The van der Waals surface area contributed by atoms with Crippen LogP contribution in [-0.4, -0.2) is 10.1 Å². The maximum Gasteiger partial charge on any atom is 0.174 e. The number of benzene rings is 2. The van der Waals surface area contributed by atoms with Gasteiger partial charge in [-0.15, -0.1) is 0 Å². The number of hydrogen-bond donors (Lipinski definition) is 1. The van der Waals surface area contributed by atoms with Gasteiger partial charge in [0.15, 0.2) is 5.11 Å². The van der Waals surface area contributed by atoms with Crippen molar-refractivity contribution in [2.75, 3.05) is 4.90 Å². The molecule has 0 saturated carbocycles. The lowest BCUT2D eigenvalue weighted by molar-refractivity contribution is 0.438. The number of furan rings is 1. The fourth-order valence-electron chi connectivity index (χ4n) is 3.83. The number of anilines is 1. The van der Waals surface area contributed by atoms with Crippen LogP contribution in [0.25, 0.3) is 11.3 Å². The molecule has 1 aliphatic rings. The average Bonchev–Trinajstić information content (AvgIpc) is 3.40. The maximum absolute atomic E-state index is 14.8. The zero-order valence-corrected chi connectivity index (χ0v) is 18.6. The summed E-state index contributed by atoms with van der Waals surface area (Å²) < 4.78 is 22.0. The van der Waals surface area contributed by atoms with Crippen LogP contribution in [0.2, 0.25) is 0 Å². The number of rotatable bonds is 4. The number of pyridine rings is 1. The second-order valence-corrected chi connectivity index (χ2v) is 8.46. The highest BCUT2D eigenvalue weighted by atomic mass is 79.9. The van der Waals surface area contributed by atoms with Gasteiger partial charge in [-0.3, -0.25) is 4.98 Å². The summed E-state index contributed by atoms with van der Waals surface area (Å²) in [5, 5.41) is 3.74. The summed E-state index contributed by atoms with van der Waals surface area (Å²) >= 11 is 9.08. The van der Waals surface area contributed by atoms with E-state index in [1.54, 1.807) is 29.3 Å². The van der Waals surface area contributed by atoms with Crippen LogP contribution in [0.1, 0.15) is 23.5 Å². The molecule has 2 aromatic heterocycles. The van der Waals surface area contributed by atoms with Crippen LogP contribution in [0.4, 0.5) is 10.1 Å². The number of aromatic nitrogens is 1. The van der Waals surface area contributed by atoms with Gasteiger partial charge in [0.2, 0.25) is 0 Å². The van der Waals surface area contributed by atoms with E-state index >= 15 is 0 Å². The molecule has 0 bridgehead atoms. The zero-order chi connectivity index (χ0) is 21.4. The number of nitrogens with one attached hydrogen (secondary N) is 1. The average molecular weight is 494 g/mol. The minimum Gasteiger partial charge on any atom is -0.459 e. The molecule has 5 rings (SSSR count). The smallest absolute Gasteiger partial charge is 0.174 e. The van der Waals surface area contributed by atoms with Gasteiger partial charge in [0.1, 0.15) is 23.4 Å². The molecule has 0 aliphatic carbocycles. The molecule has 0 amide bonds. The van der Waals surface area contributed by atoms with Gasteiger partial charge in [0, 0.05) is 16.2 Å². The van der Waals surface area contributed by atoms with Crippen molar-refractivity contribution in [1.82, 2.24) is 10.3 Å². The summed E-state index contributed by atoms with van der Waals surface area (Å²) in [6, 6.07) is 23.4. The van der Waals surface area contributed by atoms with E-state index in [2.05, 4.69) is 26.2 Å². The van der Waals surface area contributed by atoms with Gasteiger partial charge in [-0.05, 0) is 60.7 Å². The molecule has 0 spiro atoms. The minimum absolute atomic E-state index is 0.294. The molecule has 0 unspecified atom stereocenters. The molecule has 3 heterocycles. The fourth-order valence-corrected chi connectivity index (χ4v) is 4.43. The highest BCUT2D eigenvalue weighted by molar-refractivity contribution is 9.10. The van der Waals surface area contributed by atoms with Crippen LogP contribution >= 0.6 is 28.1 Å². The molecular formula is C24H17BrFN3OS. The van der Waals surface area contributed by atoms with Crippen LogP contribution in [0.3, 0.4) is 0 Å². The normalized spacial score (nSPS) is 18.3. The summed E-state index contributed by atoms with van der Waals surface area (Å²) in [7, 11) is 0. The summed E-state index contributed by atoms with van der Waals surface area (Å²) in [5.41, 5.74) is 2.15. The third-order valence-electron chi connectivity index (χ3n) is 5.26. The van der Waals surface area contributed by atoms with Crippen molar-refractivity contribution >= 4 is 38.9 Å². The highest BCUT2D eigenvalue weighted by Gasteiger charge is 2.43. The quantitative estimate of drug-likeness (QED) is 0.332. The lowest BCUT2D eigenvalue weighted by Crippen LogP contribution is -2.30. The van der Waals surface area contributed by atoms with Crippen molar-refractivity contribution in [2.45, 2.75) is 12.1 Å². The van der Waals surface area contributed by atoms with Gasteiger partial charge in [-0.25, -0.2) is 4.39 Å². The van der Waals surface area contributed by atoms with E-state index < -0.39 is 6.04 Å². The number of hydrogen-bond acceptors (Lipinski definition) is 3. The number of para-hydroxylation sites is 1. The van der Waals surface area contributed by atoms with Gasteiger partial charge < -0.3 is 14.6 Å². The van der Waals surface area contributed by atoms with Crippen LogP contribution in [0.15, 0.2) is 93.9 Å². The molecule has 0 radical (unpaired) electrons. The molecule has 4 nitrogen and oxygen atoms in total. The number of nitrogens with zero attached hydrogens (tertiary/aromatic N) is 2. The van der Waals surface area contributed by atoms with E-state index in [1.165, 1.54) is 6.07 Å². The summed E-state index contributed by atoms with van der Waals surface area (Å²) in [5.74, 6) is 1.05. The Morgan fingerprint density at radius 2 is 1.74 bits per heavy atom. The van der Waals surface area contributed by atoms with Crippen LogP contribution in [-0.2, 0) is 0 Å². The zero-order valence-electron chi connectivity index (χ0n) is 16.2. The van der Waals surface area contributed by atoms with Crippen molar-refractivity contribution in [3.63, 3.8) is 0 Å². The first kappa shape index (κ1) is 19.9. The molecule has 7 heteroatoms. The Hall–Kier alpha value is -3.03. The van der Waals surface area contributed by atoms with Gasteiger partial charge in [0.05, 0.1) is 17.4 Å². The van der Waals surface area contributed by atoms with E-state index in [0.717, 1.165) is 21.5 Å². The SMILES string of the molecule is Fc1ccccc1N1C(=S)N[C@@H](c2ccccn2)[C@H]1c1ccc(-c2ccc(Br)cc2)o1.